The highest BCUT2D eigenvalue weighted by Gasteiger charge is 2.22. The average molecular weight is 340 g/mol. The quantitative estimate of drug-likeness (QED) is 0.806. The highest BCUT2D eigenvalue weighted by molar-refractivity contribution is 7.92. The van der Waals surface area contributed by atoms with E-state index in [-0.39, 0.29) is 6.54 Å². The van der Waals surface area contributed by atoms with Crippen LogP contribution in [0.2, 0.25) is 5.02 Å². The van der Waals surface area contributed by atoms with Gasteiger partial charge in [0.25, 0.3) is 0 Å². The van der Waals surface area contributed by atoms with Gasteiger partial charge < -0.3 is 4.74 Å². The third-order valence-electron chi connectivity index (χ3n) is 3.11. The Hall–Kier alpha value is -1.72. The number of para-hydroxylation sites is 2. The van der Waals surface area contributed by atoms with Crippen LogP contribution in [0, 0.1) is 0 Å². The molecular weight excluding hydrogens is 322 g/mol. The van der Waals surface area contributed by atoms with Crippen molar-refractivity contribution in [3.63, 3.8) is 0 Å². The third-order valence-corrected chi connectivity index (χ3v) is 4.60. The monoisotopic (exact) mass is 339 g/mol. The maximum atomic E-state index is 12.2. The van der Waals surface area contributed by atoms with Crippen molar-refractivity contribution in [2.24, 2.45) is 0 Å². The molecule has 0 radical (unpaired) electrons. The zero-order chi connectivity index (χ0) is 16.2. The lowest BCUT2D eigenvalue weighted by atomic mass is 10.2. The predicted molar refractivity (Wildman–Crippen MR) is 90.1 cm³/mol. The van der Waals surface area contributed by atoms with Gasteiger partial charge in [-0.1, -0.05) is 41.9 Å². The van der Waals surface area contributed by atoms with E-state index in [1.54, 1.807) is 24.3 Å². The van der Waals surface area contributed by atoms with Gasteiger partial charge in [0.05, 0.1) is 25.1 Å². The van der Waals surface area contributed by atoms with Gasteiger partial charge in [-0.2, -0.15) is 0 Å². The normalized spacial score (nSPS) is 11.2. The van der Waals surface area contributed by atoms with Gasteiger partial charge in [0.15, 0.2) is 0 Å². The standard InChI is InChI=1S/C16H18ClNO3S/c1-3-21-16-11-7-6-10-15(16)18(22(2,19)20)12-13-8-4-5-9-14(13)17/h4-11H,3,12H2,1-2H3. The fraction of sp³-hybridized carbons (Fsp3) is 0.250. The maximum Gasteiger partial charge on any atom is 0.232 e. The number of benzene rings is 2. The van der Waals surface area contributed by atoms with Gasteiger partial charge in [-0.25, -0.2) is 8.42 Å². The SMILES string of the molecule is CCOc1ccccc1N(Cc1ccccc1Cl)S(C)(=O)=O. The van der Waals surface area contributed by atoms with Gasteiger partial charge in [0.1, 0.15) is 5.75 Å². The maximum absolute atomic E-state index is 12.2. The lowest BCUT2D eigenvalue weighted by Crippen LogP contribution is -2.29. The molecule has 0 unspecified atom stereocenters. The van der Waals surface area contributed by atoms with E-state index in [4.69, 9.17) is 16.3 Å². The van der Waals surface area contributed by atoms with Crippen molar-refractivity contribution >= 4 is 27.3 Å². The number of anilines is 1. The summed E-state index contributed by atoms with van der Waals surface area (Å²) in [6.07, 6.45) is 1.17. The second-order valence-corrected chi connectivity index (χ2v) is 7.08. The number of hydrogen-bond donors (Lipinski definition) is 0. The highest BCUT2D eigenvalue weighted by atomic mass is 35.5. The second-order valence-electron chi connectivity index (χ2n) is 4.76. The minimum Gasteiger partial charge on any atom is -0.492 e. The molecule has 0 spiro atoms. The van der Waals surface area contributed by atoms with Crippen molar-refractivity contribution in [1.82, 2.24) is 0 Å². The van der Waals surface area contributed by atoms with Crippen molar-refractivity contribution in [1.29, 1.82) is 0 Å². The summed E-state index contributed by atoms with van der Waals surface area (Å²) in [6, 6.07) is 14.3. The smallest absolute Gasteiger partial charge is 0.232 e. The molecule has 2 rings (SSSR count). The number of rotatable bonds is 6. The summed E-state index contributed by atoms with van der Waals surface area (Å²) in [6.45, 7) is 2.47. The summed E-state index contributed by atoms with van der Waals surface area (Å²) < 4.78 is 31.3. The molecule has 0 aliphatic rings. The van der Waals surface area contributed by atoms with E-state index >= 15 is 0 Å². The van der Waals surface area contributed by atoms with Crippen LogP contribution in [0.25, 0.3) is 0 Å². The van der Waals surface area contributed by atoms with Gasteiger partial charge in [-0.3, -0.25) is 4.31 Å². The minimum absolute atomic E-state index is 0.155. The fourth-order valence-corrected chi connectivity index (χ4v) is 3.18. The summed E-state index contributed by atoms with van der Waals surface area (Å²) in [5, 5.41) is 0.532. The Morgan fingerprint density at radius 1 is 1.09 bits per heavy atom. The van der Waals surface area contributed by atoms with E-state index in [0.29, 0.717) is 23.1 Å². The van der Waals surface area contributed by atoms with Gasteiger partial charge in [0, 0.05) is 5.02 Å². The van der Waals surface area contributed by atoms with Crippen molar-refractivity contribution in [2.45, 2.75) is 13.5 Å². The first-order chi connectivity index (χ1) is 10.4. The summed E-state index contributed by atoms with van der Waals surface area (Å²) in [5.74, 6) is 0.530. The van der Waals surface area contributed by atoms with Crippen molar-refractivity contribution < 1.29 is 13.2 Å². The molecule has 0 N–H and O–H groups in total. The Morgan fingerprint density at radius 3 is 2.36 bits per heavy atom. The van der Waals surface area contributed by atoms with E-state index in [2.05, 4.69) is 0 Å². The molecule has 0 saturated heterocycles. The van der Waals surface area contributed by atoms with Crippen LogP contribution in [0.4, 0.5) is 5.69 Å². The molecule has 0 aliphatic heterocycles. The van der Waals surface area contributed by atoms with Crippen molar-refractivity contribution in [3.05, 3.63) is 59.1 Å². The van der Waals surface area contributed by atoms with E-state index in [1.165, 1.54) is 10.6 Å². The van der Waals surface area contributed by atoms with Gasteiger partial charge >= 0.3 is 0 Å². The molecule has 0 aliphatic carbocycles. The van der Waals surface area contributed by atoms with Gasteiger partial charge in [0.2, 0.25) is 10.0 Å². The lowest BCUT2D eigenvalue weighted by molar-refractivity contribution is 0.341. The Balaban J connectivity index is 2.47. The fourth-order valence-electron chi connectivity index (χ4n) is 2.10. The molecule has 0 heterocycles. The van der Waals surface area contributed by atoms with Crippen molar-refractivity contribution in [3.8, 4) is 5.75 Å². The van der Waals surface area contributed by atoms with Crippen molar-refractivity contribution in [2.75, 3.05) is 17.2 Å². The number of sulfonamides is 1. The zero-order valence-electron chi connectivity index (χ0n) is 12.5. The molecule has 118 valence electrons. The van der Waals surface area contributed by atoms with E-state index in [1.807, 2.05) is 31.2 Å². The molecule has 0 saturated carbocycles. The number of nitrogens with zero attached hydrogens (tertiary/aromatic N) is 1. The zero-order valence-corrected chi connectivity index (χ0v) is 14.1. The van der Waals surface area contributed by atoms with Gasteiger partial charge in [-0.05, 0) is 30.7 Å². The third kappa shape index (κ3) is 3.93. The van der Waals surface area contributed by atoms with Crippen LogP contribution in [-0.2, 0) is 16.6 Å². The summed E-state index contributed by atoms with van der Waals surface area (Å²) in [5.41, 5.74) is 1.24. The molecule has 4 nitrogen and oxygen atoms in total. The Kier molecular flexibility index (Phi) is 5.32. The largest absolute Gasteiger partial charge is 0.492 e. The molecule has 2 aromatic rings. The Labute approximate surface area is 136 Å². The summed E-state index contributed by atoms with van der Waals surface area (Å²) >= 11 is 6.15. The first kappa shape index (κ1) is 16.6. The Bertz CT molecular complexity index is 747. The lowest BCUT2D eigenvalue weighted by Gasteiger charge is -2.25. The molecule has 0 atom stereocenters. The predicted octanol–water partition coefficient (Wildman–Crippen LogP) is 3.70. The molecule has 0 fully saturated rings. The van der Waals surface area contributed by atoms with Crippen LogP contribution >= 0.6 is 11.6 Å². The number of halogens is 1. The van der Waals surface area contributed by atoms with Crippen LogP contribution in [-0.4, -0.2) is 21.3 Å². The van der Waals surface area contributed by atoms with E-state index in [0.717, 1.165) is 5.56 Å². The highest BCUT2D eigenvalue weighted by Crippen LogP contribution is 2.32. The molecule has 0 bridgehead atoms. The van der Waals surface area contributed by atoms with Crippen LogP contribution in [0.3, 0.4) is 0 Å². The van der Waals surface area contributed by atoms with Crippen LogP contribution in [0.1, 0.15) is 12.5 Å². The first-order valence-corrected chi connectivity index (χ1v) is 9.09. The minimum atomic E-state index is -3.48. The van der Waals surface area contributed by atoms with Gasteiger partial charge in [-0.15, -0.1) is 0 Å². The summed E-state index contributed by atoms with van der Waals surface area (Å²) in [4.78, 5) is 0. The molecule has 22 heavy (non-hydrogen) atoms. The first-order valence-electron chi connectivity index (χ1n) is 6.86. The number of ether oxygens (including phenoxy) is 1. The molecule has 2 aromatic carbocycles. The molecule has 6 heteroatoms. The Morgan fingerprint density at radius 2 is 1.73 bits per heavy atom. The summed E-state index contributed by atoms with van der Waals surface area (Å²) in [7, 11) is -3.48. The molecule has 0 amide bonds. The van der Waals surface area contributed by atoms with E-state index in [9.17, 15) is 8.42 Å². The average Bonchev–Trinajstić information content (AvgIpc) is 2.46. The van der Waals surface area contributed by atoms with Crippen LogP contribution in [0.15, 0.2) is 48.5 Å². The van der Waals surface area contributed by atoms with E-state index < -0.39 is 10.0 Å². The van der Waals surface area contributed by atoms with Crippen LogP contribution < -0.4 is 9.04 Å². The molecular formula is C16H18ClNO3S. The topological polar surface area (TPSA) is 46.6 Å². The number of hydrogen-bond acceptors (Lipinski definition) is 3. The molecule has 0 aromatic heterocycles. The second kappa shape index (κ2) is 7.03. The van der Waals surface area contributed by atoms with Crippen LogP contribution in [0.5, 0.6) is 5.75 Å².